The van der Waals surface area contributed by atoms with Crippen LogP contribution in [0.3, 0.4) is 0 Å². The first-order valence-corrected chi connectivity index (χ1v) is 4.68. The Hall–Kier alpha value is -1.80. The average molecular weight is 184 g/mol. The van der Waals surface area contributed by atoms with Gasteiger partial charge in [-0.25, -0.2) is 0 Å². The summed E-state index contributed by atoms with van der Waals surface area (Å²) in [4.78, 5) is 0. The summed E-state index contributed by atoms with van der Waals surface area (Å²) in [5.41, 5.74) is 2.37. The van der Waals surface area contributed by atoms with Crippen molar-refractivity contribution in [1.29, 1.82) is 10.5 Å². The van der Waals surface area contributed by atoms with Gasteiger partial charge < -0.3 is 0 Å². The van der Waals surface area contributed by atoms with Crippen LogP contribution in [0.2, 0.25) is 0 Å². The van der Waals surface area contributed by atoms with E-state index in [9.17, 15) is 0 Å². The molecule has 0 spiro atoms. The number of rotatable bonds is 4. The Labute approximate surface area is 84.4 Å². The average Bonchev–Trinajstić information content (AvgIpc) is 2.25. The highest BCUT2D eigenvalue weighted by atomic mass is 14.2. The van der Waals surface area contributed by atoms with E-state index in [0.717, 1.165) is 12.8 Å². The third-order valence-corrected chi connectivity index (χ3v) is 2.07. The molecule has 0 saturated heterocycles. The van der Waals surface area contributed by atoms with E-state index in [1.54, 1.807) is 0 Å². The summed E-state index contributed by atoms with van der Waals surface area (Å²) in [7, 11) is 0. The molecule has 0 bridgehead atoms. The Morgan fingerprint density at radius 3 is 1.43 bits per heavy atom. The van der Waals surface area contributed by atoms with E-state index >= 15 is 0 Å². The molecule has 1 aromatic rings. The van der Waals surface area contributed by atoms with Gasteiger partial charge in [0.2, 0.25) is 0 Å². The second kappa shape index (κ2) is 5.78. The summed E-state index contributed by atoms with van der Waals surface area (Å²) in [6, 6.07) is 12.4. The largest absolute Gasteiger partial charge is 0.198 e. The van der Waals surface area contributed by atoms with Gasteiger partial charge in [-0.3, -0.25) is 0 Å². The van der Waals surface area contributed by atoms with Crippen molar-refractivity contribution < 1.29 is 0 Å². The summed E-state index contributed by atoms with van der Waals surface area (Å²) < 4.78 is 0. The first-order valence-electron chi connectivity index (χ1n) is 4.68. The van der Waals surface area contributed by atoms with E-state index in [4.69, 9.17) is 10.5 Å². The molecule has 0 heterocycles. The topological polar surface area (TPSA) is 47.6 Å². The fourth-order valence-corrected chi connectivity index (χ4v) is 1.27. The number of hydrogen-bond acceptors (Lipinski definition) is 2. The fraction of sp³-hybridized carbons (Fsp3) is 0.333. The summed E-state index contributed by atoms with van der Waals surface area (Å²) in [6.07, 6.45) is 2.76. The summed E-state index contributed by atoms with van der Waals surface area (Å²) in [5, 5.41) is 16.8. The van der Waals surface area contributed by atoms with E-state index in [1.807, 2.05) is 24.3 Å². The van der Waals surface area contributed by atoms with Crippen LogP contribution >= 0.6 is 0 Å². The van der Waals surface area contributed by atoms with Gasteiger partial charge >= 0.3 is 0 Å². The number of aryl methyl sites for hydroxylation is 2. The van der Waals surface area contributed by atoms with Crippen molar-refractivity contribution >= 4 is 0 Å². The molecular weight excluding hydrogens is 172 g/mol. The number of hydrogen-bond donors (Lipinski definition) is 0. The summed E-state index contributed by atoms with van der Waals surface area (Å²) >= 11 is 0. The Bertz CT molecular complexity index is 314. The van der Waals surface area contributed by atoms with E-state index < -0.39 is 0 Å². The van der Waals surface area contributed by atoms with E-state index in [1.165, 1.54) is 11.1 Å². The van der Waals surface area contributed by atoms with Gasteiger partial charge in [-0.1, -0.05) is 24.3 Å². The van der Waals surface area contributed by atoms with Crippen LogP contribution < -0.4 is 0 Å². The zero-order chi connectivity index (χ0) is 10.2. The van der Waals surface area contributed by atoms with Crippen LogP contribution in [0, 0.1) is 22.7 Å². The summed E-state index contributed by atoms with van der Waals surface area (Å²) in [5.74, 6) is 0. The van der Waals surface area contributed by atoms with Crippen LogP contribution in [-0.2, 0) is 12.8 Å². The molecule has 2 heteroatoms. The molecule has 0 unspecified atom stereocenters. The third-order valence-electron chi connectivity index (χ3n) is 2.07. The maximum atomic E-state index is 8.41. The molecule has 0 aromatic heterocycles. The summed E-state index contributed by atoms with van der Waals surface area (Å²) in [6.45, 7) is 0. The Morgan fingerprint density at radius 1 is 0.786 bits per heavy atom. The van der Waals surface area contributed by atoms with Gasteiger partial charge in [0.25, 0.3) is 0 Å². The lowest BCUT2D eigenvalue weighted by Gasteiger charge is -2.00. The Balaban J connectivity index is 2.52. The number of benzene rings is 1. The second-order valence-electron chi connectivity index (χ2n) is 3.13. The van der Waals surface area contributed by atoms with Gasteiger partial charge in [-0.2, -0.15) is 10.5 Å². The standard InChI is InChI=1S/C12H12N2/c13-9-1-3-11-5-7-12(8-6-11)4-2-10-14/h5-8H,1-4H2. The lowest BCUT2D eigenvalue weighted by atomic mass is 10.1. The van der Waals surface area contributed by atoms with Crippen molar-refractivity contribution in [1.82, 2.24) is 0 Å². The quantitative estimate of drug-likeness (QED) is 0.722. The number of nitriles is 2. The van der Waals surface area contributed by atoms with Crippen molar-refractivity contribution in [3.63, 3.8) is 0 Å². The minimum atomic E-state index is 0.567. The van der Waals surface area contributed by atoms with Gasteiger partial charge in [0, 0.05) is 12.8 Å². The molecule has 0 radical (unpaired) electrons. The minimum Gasteiger partial charge on any atom is -0.198 e. The second-order valence-corrected chi connectivity index (χ2v) is 3.13. The molecule has 0 fully saturated rings. The predicted molar refractivity (Wildman–Crippen MR) is 54.3 cm³/mol. The molecule has 2 nitrogen and oxygen atoms in total. The molecule has 0 atom stereocenters. The smallest absolute Gasteiger partial charge is 0.0625 e. The molecule has 0 aliphatic carbocycles. The fourth-order valence-electron chi connectivity index (χ4n) is 1.27. The molecule has 1 rings (SSSR count). The van der Waals surface area contributed by atoms with Gasteiger partial charge in [-0.15, -0.1) is 0 Å². The van der Waals surface area contributed by atoms with Crippen LogP contribution in [0.25, 0.3) is 0 Å². The lowest BCUT2D eigenvalue weighted by molar-refractivity contribution is 0.986. The SMILES string of the molecule is N#CCCc1ccc(CCC#N)cc1. The third kappa shape index (κ3) is 3.29. The molecule has 70 valence electrons. The highest BCUT2D eigenvalue weighted by Gasteiger charge is 1.94. The van der Waals surface area contributed by atoms with Crippen LogP contribution in [-0.4, -0.2) is 0 Å². The van der Waals surface area contributed by atoms with Crippen LogP contribution in [0.4, 0.5) is 0 Å². The highest BCUT2D eigenvalue weighted by molar-refractivity contribution is 5.23. The first-order chi connectivity index (χ1) is 6.86. The maximum absolute atomic E-state index is 8.41. The molecule has 0 N–H and O–H groups in total. The highest BCUT2D eigenvalue weighted by Crippen LogP contribution is 2.08. The van der Waals surface area contributed by atoms with Crippen molar-refractivity contribution in [3.05, 3.63) is 35.4 Å². The van der Waals surface area contributed by atoms with Gasteiger partial charge in [-0.05, 0) is 24.0 Å². The van der Waals surface area contributed by atoms with Gasteiger partial charge in [0.15, 0.2) is 0 Å². The molecule has 0 saturated carbocycles. The molecular formula is C12H12N2. The monoisotopic (exact) mass is 184 g/mol. The van der Waals surface area contributed by atoms with Crippen molar-refractivity contribution in [3.8, 4) is 12.1 Å². The van der Waals surface area contributed by atoms with Crippen molar-refractivity contribution in [2.75, 3.05) is 0 Å². The first kappa shape index (κ1) is 10.3. The molecule has 0 amide bonds. The van der Waals surface area contributed by atoms with Crippen LogP contribution in [0.15, 0.2) is 24.3 Å². The molecule has 0 aliphatic rings. The zero-order valence-corrected chi connectivity index (χ0v) is 8.03. The van der Waals surface area contributed by atoms with Crippen LogP contribution in [0.1, 0.15) is 24.0 Å². The lowest BCUT2D eigenvalue weighted by Crippen LogP contribution is -1.87. The Kier molecular flexibility index (Phi) is 4.24. The normalized spacial score (nSPS) is 9.00. The van der Waals surface area contributed by atoms with Crippen molar-refractivity contribution in [2.45, 2.75) is 25.7 Å². The molecule has 14 heavy (non-hydrogen) atoms. The maximum Gasteiger partial charge on any atom is 0.0625 e. The zero-order valence-electron chi connectivity index (χ0n) is 8.03. The molecule has 0 aliphatic heterocycles. The van der Waals surface area contributed by atoms with Crippen LogP contribution in [0.5, 0.6) is 0 Å². The Morgan fingerprint density at radius 2 is 1.14 bits per heavy atom. The number of nitrogens with zero attached hydrogens (tertiary/aromatic N) is 2. The van der Waals surface area contributed by atoms with Gasteiger partial charge in [0.1, 0.15) is 0 Å². The van der Waals surface area contributed by atoms with E-state index in [2.05, 4.69) is 12.1 Å². The van der Waals surface area contributed by atoms with E-state index in [-0.39, 0.29) is 0 Å². The van der Waals surface area contributed by atoms with E-state index in [0.29, 0.717) is 12.8 Å². The molecule has 1 aromatic carbocycles. The predicted octanol–water partition coefficient (Wildman–Crippen LogP) is 2.60. The minimum absolute atomic E-state index is 0.567. The van der Waals surface area contributed by atoms with Gasteiger partial charge in [0.05, 0.1) is 12.1 Å². The van der Waals surface area contributed by atoms with Crippen molar-refractivity contribution in [2.24, 2.45) is 0 Å².